The molecule has 6 nitrogen and oxygen atoms in total. The number of aryl methyl sites for hydroxylation is 2. The lowest BCUT2D eigenvalue weighted by molar-refractivity contribution is 0.592. The van der Waals surface area contributed by atoms with Crippen molar-refractivity contribution < 1.29 is 16.8 Å². The third-order valence-corrected chi connectivity index (χ3v) is 7.36. The van der Waals surface area contributed by atoms with Gasteiger partial charge in [-0.15, -0.1) is 0 Å². The summed E-state index contributed by atoms with van der Waals surface area (Å²) < 4.78 is 53.3. The molecule has 0 bridgehead atoms. The second-order valence-electron chi connectivity index (χ2n) is 6.59. The Kier molecular flexibility index (Phi) is 4.74. The van der Waals surface area contributed by atoms with E-state index in [1.54, 1.807) is 37.3 Å². The standard InChI is InChI=1S/C18H22N2O4S2/c1-13-6-4-8-18(14(13)2)26(23,24)19-16-9-10-17-15(12-16)7-5-11-20(17)25(3,21)22/h4,6,8-10,12,19H,5,7,11H2,1-3H3. The topological polar surface area (TPSA) is 83.6 Å². The van der Waals surface area contributed by atoms with Gasteiger partial charge < -0.3 is 0 Å². The molecule has 0 amide bonds. The fourth-order valence-corrected chi connectivity index (χ4v) is 5.56. The molecule has 0 saturated carbocycles. The zero-order chi connectivity index (χ0) is 19.1. The summed E-state index contributed by atoms with van der Waals surface area (Å²) in [5.74, 6) is 0. The Labute approximate surface area is 155 Å². The number of nitrogens with one attached hydrogen (secondary N) is 1. The van der Waals surface area contributed by atoms with Gasteiger partial charge in [0.05, 0.1) is 16.8 Å². The van der Waals surface area contributed by atoms with Crippen molar-refractivity contribution in [3.8, 4) is 0 Å². The van der Waals surface area contributed by atoms with Crippen molar-refractivity contribution in [3.05, 3.63) is 53.1 Å². The van der Waals surface area contributed by atoms with Crippen LogP contribution in [-0.4, -0.2) is 29.6 Å². The van der Waals surface area contributed by atoms with Gasteiger partial charge in [-0.25, -0.2) is 16.8 Å². The van der Waals surface area contributed by atoms with Crippen LogP contribution in [0.4, 0.5) is 11.4 Å². The van der Waals surface area contributed by atoms with Gasteiger partial charge in [0.2, 0.25) is 10.0 Å². The Morgan fingerprint density at radius 1 is 1.04 bits per heavy atom. The first-order valence-corrected chi connectivity index (χ1v) is 11.6. The van der Waals surface area contributed by atoms with Gasteiger partial charge in [-0.3, -0.25) is 9.03 Å². The Balaban J connectivity index is 1.96. The van der Waals surface area contributed by atoms with Crippen molar-refractivity contribution in [3.63, 3.8) is 0 Å². The first kappa shape index (κ1) is 18.7. The molecule has 1 aliphatic rings. The van der Waals surface area contributed by atoms with Crippen molar-refractivity contribution >= 4 is 31.4 Å². The van der Waals surface area contributed by atoms with Gasteiger partial charge in [0.1, 0.15) is 0 Å². The quantitative estimate of drug-likeness (QED) is 0.864. The van der Waals surface area contributed by atoms with Gasteiger partial charge >= 0.3 is 0 Å². The number of rotatable bonds is 4. The van der Waals surface area contributed by atoms with E-state index in [-0.39, 0.29) is 4.90 Å². The highest BCUT2D eigenvalue weighted by Crippen LogP contribution is 2.32. The van der Waals surface area contributed by atoms with E-state index in [1.165, 1.54) is 10.6 Å². The molecule has 0 atom stereocenters. The van der Waals surface area contributed by atoms with Crippen LogP contribution in [0.3, 0.4) is 0 Å². The number of fused-ring (bicyclic) bond motifs is 1. The molecule has 0 saturated heterocycles. The lowest BCUT2D eigenvalue weighted by Crippen LogP contribution is -2.34. The highest BCUT2D eigenvalue weighted by molar-refractivity contribution is 7.92. The SMILES string of the molecule is Cc1cccc(S(=O)(=O)Nc2ccc3c(c2)CCCN3S(C)(=O)=O)c1C. The van der Waals surface area contributed by atoms with Gasteiger partial charge in [0.15, 0.2) is 0 Å². The van der Waals surface area contributed by atoms with Gasteiger partial charge in [-0.2, -0.15) is 0 Å². The second kappa shape index (κ2) is 6.59. The number of anilines is 2. The van der Waals surface area contributed by atoms with Gasteiger partial charge in [0.25, 0.3) is 10.0 Å². The molecule has 1 aliphatic heterocycles. The molecule has 3 rings (SSSR count). The summed E-state index contributed by atoms with van der Waals surface area (Å²) in [5.41, 5.74) is 3.49. The second-order valence-corrected chi connectivity index (χ2v) is 10.1. The molecule has 0 aliphatic carbocycles. The van der Waals surface area contributed by atoms with E-state index in [4.69, 9.17) is 0 Å². The maximum Gasteiger partial charge on any atom is 0.262 e. The van der Waals surface area contributed by atoms with E-state index in [9.17, 15) is 16.8 Å². The Hall–Kier alpha value is -2.06. The maximum atomic E-state index is 12.7. The summed E-state index contributed by atoms with van der Waals surface area (Å²) in [6.45, 7) is 4.09. The average molecular weight is 395 g/mol. The highest BCUT2D eigenvalue weighted by Gasteiger charge is 2.25. The van der Waals surface area contributed by atoms with Crippen molar-refractivity contribution in [2.75, 3.05) is 21.8 Å². The molecular formula is C18H22N2O4S2. The van der Waals surface area contributed by atoms with Crippen molar-refractivity contribution in [1.82, 2.24) is 0 Å². The molecule has 2 aromatic rings. The van der Waals surface area contributed by atoms with E-state index in [0.717, 1.165) is 11.1 Å². The van der Waals surface area contributed by atoms with E-state index >= 15 is 0 Å². The van der Waals surface area contributed by atoms with Crippen LogP contribution in [0.5, 0.6) is 0 Å². The van der Waals surface area contributed by atoms with E-state index in [1.807, 2.05) is 13.0 Å². The van der Waals surface area contributed by atoms with Crippen molar-refractivity contribution in [1.29, 1.82) is 0 Å². The Morgan fingerprint density at radius 3 is 2.46 bits per heavy atom. The molecule has 0 radical (unpaired) electrons. The summed E-state index contributed by atoms with van der Waals surface area (Å²) >= 11 is 0. The monoisotopic (exact) mass is 394 g/mol. The third kappa shape index (κ3) is 3.57. The number of nitrogens with zero attached hydrogens (tertiary/aromatic N) is 1. The van der Waals surface area contributed by atoms with Crippen LogP contribution < -0.4 is 9.03 Å². The molecule has 1 heterocycles. The normalized spacial score (nSPS) is 14.8. The lowest BCUT2D eigenvalue weighted by Gasteiger charge is -2.29. The molecule has 26 heavy (non-hydrogen) atoms. The fourth-order valence-electron chi connectivity index (χ4n) is 3.20. The minimum Gasteiger partial charge on any atom is -0.280 e. The molecule has 8 heteroatoms. The van der Waals surface area contributed by atoms with E-state index < -0.39 is 20.0 Å². The number of sulfonamides is 2. The largest absolute Gasteiger partial charge is 0.280 e. The van der Waals surface area contributed by atoms with Crippen LogP contribution in [-0.2, 0) is 26.5 Å². The molecule has 0 spiro atoms. The van der Waals surface area contributed by atoms with Crippen LogP contribution in [0.1, 0.15) is 23.1 Å². The predicted molar refractivity (Wildman–Crippen MR) is 104 cm³/mol. The predicted octanol–water partition coefficient (Wildman–Crippen LogP) is 2.82. The molecular weight excluding hydrogens is 372 g/mol. The minimum atomic E-state index is -3.72. The van der Waals surface area contributed by atoms with Crippen LogP contribution in [0, 0.1) is 13.8 Å². The number of hydrogen-bond donors (Lipinski definition) is 1. The molecule has 0 aromatic heterocycles. The van der Waals surface area contributed by atoms with E-state index in [2.05, 4.69) is 4.72 Å². The molecule has 0 fully saturated rings. The lowest BCUT2D eigenvalue weighted by atomic mass is 10.0. The zero-order valence-corrected chi connectivity index (χ0v) is 16.6. The Bertz CT molecular complexity index is 1060. The van der Waals surface area contributed by atoms with Crippen LogP contribution in [0.15, 0.2) is 41.3 Å². The highest BCUT2D eigenvalue weighted by atomic mass is 32.2. The first-order valence-electron chi connectivity index (χ1n) is 8.29. The fraction of sp³-hybridized carbons (Fsp3) is 0.333. The number of hydrogen-bond acceptors (Lipinski definition) is 4. The number of benzene rings is 2. The molecule has 1 N–H and O–H groups in total. The summed E-state index contributed by atoms with van der Waals surface area (Å²) in [6, 6.07) is 10.1. The van der Waals surface area contributed by atoms with Gasteiger partial charge in [-0.05, 0) is 67.6 Å². The summed E-state index contributed by atoms with van der Waals surface area (Å²) in [7, 11) is -7.06. The molecule has 0 unspecified atom stereocenters. The van der Waals surface area contributed by atoms with Gasteiger partial charge in [-0.1, -0.05) is 12.1 Å². The minimum absolute atomic E-state index is 0.244. The zero-order valence-electron chi connectivity index (χ0n) is 15.0. The summed E-state index contributed by atoms with van der Waals surface area (Å²) in [4.78, 5) is 0.244. The maximum absolute atomic E-state index is 12.7. The molecule has 140 valence electrons. The van der Waals surface area contributed by atoms with Crippen molar-refractivity contribution in [2.24, 2.45) is 0 Å². The smallest absolute Gasteiger partial charge is 0.262 e. The van der Waals surface area contributed by atoms with Gasteiger partial charge in [0, 0.05) is 12.2 Å². The first-order chi connectivity index (χ1) is 12.1. The Morgan fingerprint density at radius 2 is 1.77 bits per heavy atom. The van der Waals surface area contributed by atoms with Crippen LogP contribution in [0.25, 0.3) is 0 Å². The van der Waals surface area contributed by atoms with Crippen LogP contribution in [0.2, 0.25) is 0 Å². The average Bonchev–Trinajstić information content (AvgIpc) is 2.55. The molecule has 2 aromatic carbocycles. The van der Waals surface area contributed by atoms with Crippen LogP contribution >= 0.6 is 0 Å². The van der Waals surface area contributed by atoms with E-state index in [0.29, 0.717) is 36.3 Å². The summed E-state index contributed by atoms with van der Waals surface area (Å²) in [6.07, 6.45) is 2.59. The summed E-state index contributed by atoms with van der Waals surface area (Å²) in [5, 5.41) is 0. The van der Waals surface area contributed by atoms with Crippen molar-refractivity contribution in [2.45, 2.75) is 31.6 Å². The third-order valence-electron chi connectivity index (χ3n) is 4.65.